The Hall–Kier alpha value is -3.66. The number of hydrogen-bond acceptors (Lipinski definition) is 5. The number of methoxy groups -OCH3 is 1. The van der Waals surface area contributed by atoms with Crippen molar-refractivity contribution in [2.75, 3.05) is 17.1 Å². The number of carbonyl (C=O) groups excluding carboxylic acids is 1. The Morgan fingerprint density at radius 2 is 1.58 bits per heavy atom. The molecule has 0 aliphatic rings. The Bertz CT molecular complexity index is 1150. The zero-order valence-electron chi connectivity index (χ0n) is 16.2. The topological polar surface area (TPSA) is 93.7 Å². The smallest absolute Gasteiger partial charge is 0.387 e. The maximum atomic E-state index is 12.6. The summed E-state index contributed by atoms with van der Waals surface area (Å²) in [4.78, 5) is 12.3. The second-order valence-corrected chi connectivity index (χ2v) is 7.87. The van der Waals surface area contributed by atoms with E-state index in [0.717, 1.165) is 0 Å². The lowest BCUT2D eigenvalue weighted by Crippen LogP contribution is -2.15. The Balaban J connectivity index is 1.69. The molecule has 7 nitrogen and oxygen atoms in total. The highest BCUT2D eigenvalue weighted by Crippen LogP contribution is 2.26. The third-order valence-corrected chi connectivity index (χ3v) is 5.50. The highest BCUT2D eigenvalue weighted by atomic mass is 32.2. The summed E-state index contributed by atoms with van der Waals surface area (Å²) in [5.74, 6) is -0.165. The van der Waals surface area contributed by atoms with Crippen molar-refractivity contribution in [3.8, 4) is 11.5 Å². The Labute approximate surface area is 177 Å². The third-order valence-electron chi connectivity index (χ3n) is 4.12. The maximum Gasteiger partial charge on any atom is 0.387 e. The number of ether oxygens (including phenoxy) is 2. The molecule has 10 heteroatoms. The lowest BCUT2D eigenvalue weighted by Gasteiger charge is -2.12. The van der Waals surface area contributed by atoms with E-state index in [2.05, 4.69) is 14.8 Å². The van der Waals surface area contributed by atoms with E-state index in [1.54, 1.807) is 24.3 Å². The van der Waals surface area contributed by atoms with Gasteiger partial charge in [0.2, 0.25) is 0 Å². The number of anilines is 2. The molecule has 0 bridgehead atoms. The molecule has 0 aliphatic carbocycles. The summed E-state index contributed by atoms with van der Waals surface area (Å²) >= 11 is 0. The van der Waals surface area contributed by atoms with Gasteiger partial charge in [0.1, 0.15) is 11.5 Å². The molecular formula is C21H18F2N2O5S. The molecule has 1 amide bonds. The van der Waals surface area contributed by atoms with Gasteiger partial charge in [-0.2, -0.15) is 8.78 Å². The second-order valence-electron chi connectivity index (χ2n) is 6.19. The number of rotatable bonds is 8. The first-order valence-electron chi connectivity index (χ1n) is 8.90. The van der Waals surface area contributed by atoms with E-state index < -0.39 is 22.5 Å². The lowest BCUT2D eigenvalue weighted by atomic mass is 10.2. The van der Waals surface area contributed by atoms with E-state index >= 15 is 0 Å². The van der Waals surface area contributed by atoms with Crippen LogP contribution < -0.4 is 19.5 Å². The quantitative estimate of drug-likeness (QED) is 0.534. The lowest BCUT2D eigenvalue weighted by molar-refractivity contribution is -0.0498. The van der Waals surface area contributed by atoms with Crippen LogP contribution in [0.2, 0.25) is 0 Å². The second kappa shape index (κ2) is 9.43. The fraction of sp³-hybridized carbons (Fsp3) is 0.0952. The Morgan fingerprint density at radius 1 is 0.935 bits per heavy atom. The zero-order chi connectivity index (χ0) is 22.4. The van der Waals surface area contributed by atoms with Crippen LogP contribution in [-0.2, 0) is 10.0 Å². The van der Waals surface area contributed by atoms with E-state index in [9.17, 15) is 22.0 Å². The highest BCUT2D eigenvalue weighted by molar-refractivity contribution is 7.92. The van der Waals surface area contributed by atoms with Crippen LogP contribution in [0, 0.1) is 0 Å². The number of nitrogens with one attached hydrogen (secondary N) is 2. The average molecular weight is 448 g/mol. The Kier molecular flexibility index (Phi) is 6.71. The number of benzene rings is 3. The first kappa shape index (κ1) is 22.0. The summed E-state index contributed by atoms with van der Waals surface area (Å²) in [5, 5.41) is 2.59. The van der Waals surface area contributed by atoms with Gasteiger partial charge in [0.25, 0.3) is 15.9 Å². The number of para-hydroxylation sites is 2. The van der Waals surface area contributed by atoms with E-state index in [0.29, 0.717) is 11.4 Å². The first-order valence-corrected chi connectivity index (χ1v) is 10.4. The van der Waals surface area contributed by atoms with Crippen LogP contribution in [0.1, 0.15) is 10.4 Å². The molecule has 31 heavy (non-hydrogen) atoms. The summed E-state index contributed by atoms with van der Waals surface area (Å²) < 4.78 is 61.4. The normalized spacial score (nSPS) is 11.1. The fourth-order valence-corrected chi connectivity index (χ4v) is 3.71. The van der Waals surface area contributed by atoms with E-state index in [1.807, 2.05) is 0 Å². The summed E-state index contributed by atoms with van der Waals surface area (Å²) in [5.41, 5.74) is 0.858. The van der Waals surface area contributed by atoms with Gasteiger partial charge in [0, 0.05) is 11.3 Å². The molecule has 0 aliphatic heterocycles. The molecule has 3 rings (SSSR count). The largest absolute Gasteiger partial charge is 0.495 e. The molecule has 0 aromatic heterocycles. The van der Waals surface area contributed by atoms with Gasteiger partial charge in [0.15, 0.2) is 0 Å². The number of alkyl halides is 2. The predicted octanol–water partition coefficient (Wildman–Crippen LogP) is 4.35. The molecule has 0 saturated carbocycles. The molecule has 0 radical (unpaired) electrons. The molecule has 0 heterocycles. The van der Waals surface area contributed by atoms with Gasteiger partial charge in [-0.3, -0.25) is 9.52 Å². The maximum absolute atomic E-state index is 12.6. The minimum absolute atomic E-state index is 0.0369. The number of hydrogen-bond donors (Lipinski definition) is 2. The molecule has 0 fully saturated rings. The zero-order valence-corrected chi connectivity index (χ0v) is 17.0. The number of halogens is 2. The van der Waals surface area contributed by atoms with Crippen molar-refractivity contribution < 1.29 is 31.5 Å². The van der Waals surface area contributed by atoms with Crippen LogP contribution in [0.25, 0.3) is 0 Å². The summed E-state index contributed by atoms with van der Waals surface area (Å²) in [6.45, 7) is -2.94. The van der Waals surface area contributed by atoms with Gasteiger partial charge in [0.05, 0.1) is 17.7 Å². The van der Waals surface area contributed by atoms with Crippen molar-refractivity contribution in [2.45, 2.75) is 11.5 Å². The molecule has 0 unspecified atom stereocenters. The minimum atomic E-state index is -3.90. The molecule has 0 saturated heterocycles. The fourth-order valence-electron chi connectivity index (χ4n) is 2.64. The molecular weight excluding hydrogens is 430 g/mol. The van der Waals surface area contributed by atoms with Crippen molar-refractivity contribution in [1.82, 2.24) is 0 Å². The van der Waals surface area contributed by atoms with E-state index in [-0.39, 0.29) is 21.9 Å². The summed E-state index contributed by atoms with van der Waals surface area (Å²) in [6, 6.07) is 17.3. The van der Waals surface area contributed by atoms with Gasteiger partial charge in [-0.1, -0.05) is 12.1 Å². The van der Waals surface area contributed by atoms with Gasteiger partial charge in [-0.05, 0) is 60.7 Å². The van der Waals surface area contributed by atoms with E-state index in [4.69, 9.17) is 4.74 Å². The van der Waals surface area contributed by atoms with Crippen LogP contribution >= 0.6 is 0 Å². The predicted molar refractivity (Wildman–Crippen MR) is 111 cm³/mol. The minimum Gasteiger partial charge on any atom is -0.495 e. The van der Waals surface area contributed by atoms with Crippen LogP contribution in [0.4, 0.5) is 20.2 Å². The SMILES string of the molecule is COc1ccccc1NS(=O)(=O)c1ccc(C(=O)Nc2ccc(OC(F)F)cc2)cc1. The van der Waals surface area contributed by atoms with Crippen LogP contribution in [0.5, 0.6) is 11.5 Å². The molecule has 0 spiro atoms. The first-order chi connectivity index (χ1) is 14.8. The third kappa shape index (κ3) is 5.70. The standard InChI is InChI=1S/C21H18F2N2O5S/c1-29-19-5-3-2-4-18(19)25-31(27,28)17-12-6-14(7-13-17)20(26)24-15-8-10-16(11-9-15)30-21(22)23/h2-13,21,25H,1H3,(H,24,26). The van der Waals surface area contributed by atoms with Crippen molar-refractivity contribution in [3.05, 3.63) is 78.4 Å². The molecule has 162 valence electrons. The highest BCUT2D eigenvalue weighted by Gasteiger charge is 2.17. The number of carbonyl (C=O) groups is 1. The summed E-state index contributed by atoms with van der Waals surface area (Å²) in [7, 11) is -2.47. The Morgan fingerprint density at radius 3 is 2.19 bits per heavy atom. The summed E-state index contributed by atoms with van der Waals surface area (Å²) in [6.07, 6.45) is 0. The van der Waals surface area contributed by atoms with E-state index in [1.165, 1.54) is 55.6 Å². The van der Waals surface area contributed by atoms with Gasteiger partial charge < -0.3 is 14.8 Å². The monoisotopic (exact) mass is 448 g/mol. The number of amides is 1. The van der Waals surface area contributed by atoms with Crippen molar-refractivity contribution in [2.24, 2.45) is 0 Å². The van der Waals surface area contributed by atoms with Crippen LogP contribution in [-0.4, -0.2) is 28.0 Å². The van der Waals surface area contributed by atoms with Crippen LogP contribution in [0.3, 0.4) is 0 Å². The van der Waals surface area contributed by atoms with Crippen molar-refractivity contribution in [3.63, 3.8) is 0 Å². The van der Waals surface area contributed by atoms with Gasteiger partial charge in [-0.25, -0.2) is 8.42 Å². The molecule has 3 aromatic rings. The number of sulfonamides is 1. The van der Waals surface area contributed by atoms with Crippen molar-refractivity contribution >= 4 is 27.3 Å². The average Bonchev–Trinajstić information content (AvgIpc) is 2.75. The molecule has 0 atom stereocenters. The molecule has 3 aromatic carbocycles. The van der Waals surface area contributed by atoms with Gasteiger partial charge in [-0.15, -0.1) is 0 Å². The van der Waals surface area contributed by atoms with Crippen molar-refractivity contribution in [1.29, 1.82) is 0 Å². The van der Waals surface area contributed by atoms with Gasteiger partial charge >= 0.3 is 6.61 Å². The van der Waals surface area contributed by atoms with Crippen LogP contribution in [0.15, 0.2) is 77.7 Å². The molecule has 2 N–H and O–H groups in total.